The molecular weight excluding hydrogens is 565 g/mol. The highest BCUT2D eigenvalue weighted by molar-refractivity contribution is 7.89. The summed E-state index contributed by atoms with van der Waals surface area (Å²) in [4.78, 5) is 45.5. The number of nitrogens with one attached hydrogen (secondary N) is 1. The van der Waals surface area contributed by atoms with Gasteiger partial charge in [-0.3, -0.25) is 14.6 Å². The normalized spacial score (nSPS) is 17.1. The second-order valence-electron chi connectivity index (χ2n) is 11.5. The van der Waals surface area contributed by atoms with Gasteiger partial charge in [0.2, 0.25) is 15.9 Å². The molecule has 3 amide bonds. The second kappa shape index (κ2) is 10.5. The number of sulfonamides is 1. The highest BCUT2D eigenvalue weighted by atomic mass is 32.2. The SMILES string of the molecule is CC(C)(C)C(=O)Nc1cc2ccccc2nc1CC1C2=C(CN(C(=O)O)C2)CN1C(=O)c1ccc(S(N)(=O)=O)cc1F. The van der Waals surface area contributed by atoms with Gasteiger partial charge in [-0.15, -0.1) is 0 Å². The Morgan fingerprint density at radius 2 is 1.81 bits per heavy atom. The maximum atomic E-state index is 15.1. The van der Waals surface area contributed by atoms with E-state index >= 15 is 4.39 Å². The molecule has 0 saturated carbocycles. The molecule has 42 heavy (non-hydrogen) atoms. The summed E-state index contributed by atoms with van der Waals surface area (Å²) in [6.45, 7) is 5.54. The number of pyridine rings is 1. The minimum atomic E-state index is -4.19. The minimum Gasteiger partial charge on any atom is -0.465 e. The third-order valence-electron chi connectivity index (χ3n) is 7.49. The number of benzene rings is 2. The number of carbonyl (C=O) groups is 3. The van der Waals surface area contributed by atoms with Crippen LogP contribution in [0.2, 0.25) is 0 Å². The van der Waals surface area contributed by atoms with Crippen LogP contribution in [0.25, 0.3) is 10.9 Å². The molecule has 4 N–H and O–H groups in total. The first-order chi connectivity index (χ1) is 19.6. The predicted molar refractivity (Wildman–Crippen MR) is 153 cm³/mol. The average Bonchev–Trinajstić information content (AvgIpc) is 3.47. The van der Waals surface area contributed by atoms with Crippen LogP contribution in [0.15, 0.2) is 64.6 Å². The number of aromatic nitrogens is 1. The summed E-state index contributed by atoms with van der Waals surface area (Å²) in [5.41, 5.74) is 1.95. The van der Waals surface area contributed by atoms with E-state index in [1.807, 2.05) is 30.3 Å². The molecule has 2 aromatic carbocycles. The molecule has 11 nitrogen and oxygen atoms in total. The molecule has 0 bridgehead atoms. The van der Waals surface area contributed by atoms with Crippen molar-refractivity contribution in [1.82, 2.24) is 14.8 Å². The first-order valence-electron chi connectivity index (χ1n) is 13.2. The Labute approximate surface area is 241 Å². The first kappa shape index (κ1) is 29.1. The molecule has 3 aromatic rings. The topological polar surface area (TPSA) is 163 Å². The molecule has 0 saturated heterocycles. The fourth-order valence-corrected chi connectivity index (χ4v) is 5.72. The molecule has 1 aromatic heterocycles. The van der Waals surface area contributed by atoms with Gasteiger partial charge in [0, 0.05) is 36.9 Å². The lowest BCUT2D eigenvalue weighted by Crippen LogP contribution is -2.43. The number of hydrogen-bond acceptors (Lipinski definition) is 6. The van der Waals surface area contributed by atoms with E-state index in [0.717, 1.165) is 23.1 Å². The Bertz CT molecular complexity index is 1780. The number of hydrogen-bond donors (Lipinski definition) is 3. The quantitative estimate of drug-likeness (QED) is 0.381. The average molecular weight is 596 g/mol. The van der Waals surface area contributed by atoms with E-state index in [-0.39, 0.29) is 37.5 Å². The monoisotopic (exact) mass is 595 g/mol. The van der Waals surface area contributed by atoms with Gasteiger partial charge in [-0.25, -0.2) is 22.7 Å². The summed E-state index contributed by atoms with van der Waals surface area (Å²) in [7, 11) is -4.19. The molecule has 0 radical (unpaired) electrons. The van der Waals surface area contributed by atoms with Gasteiger partial charge in [0.15, 0.2) is 0 Å². The molecule has 5 rings (SSSR count). The molecule has 0 aliphatic carbocycles. The van der Waals surface area contributed by atoms with E-state index in [1.54, 1.807) is 20.8 Å². The van der Waals surface area contributed by atoms with Crippen molar-refractivity contribution < 1.29 is 32.3 Å². The number of nitrogens with zero attached hydrogens (tertiary/aromatic N) is 3. The van der Waals surface area contributed by atoms with E-state index in [2.05, 4.69) is 5.32 Å². The Morgan fingerprint density at radius 1 is 1.10 bits per heavy atom. The van der Waals surface area contributed by atoms with Crippen LogP contribution in [0, 0.1) is 11.2 Å². The van der Waals surface area contributed by atoms with Gasteiger partial charge in [0.1, 0.15) is 5.82 Å². The van der Waals surface area contributed by atoms with Crippen LogP contribution in [0.3, 0.4) is 0 Å². The van der Waals surface area contributed by atoms with E-state index in [4.69, 9.17) is 10.1 Å². The Hall–Kier alpha value is -4.36. The molecule has 0 spiro atoms. The van der Waals surface area contributed by atoms with Crippen LogP contribution in [0.1, 0.15) is 36.8 Å². The molecule has 3 heterocycles. The predicted octanol–water partition coefficient (Wildman–Crippen LogP) is 3.36. The molecule has 0 fully saturated rings. The van der Waals surface area contributed by atoms with Crippen LogP contribution in [0.4, 0.5) is 14.9 Å². The number of carbonyl (C=O) groups excluding carboxylic acids is 2. The molecular formula is C29H30FN5O6S. The van der Waals surface area contributed by atoms with Crippen molar-refractivity contribution >= 4 is 44.5 Å². The third-order valence-corrected chi connectivity index (χ3v) is 8.40. The van der Waals surface area contributed by atoms with Crippen molar-refractivity contribution in [3.63, 3.8) is 0 Å². The lowest BCUT2D eigenvalue weighted by Gasteiger charge is -2.30. The van der Waals surface area contributed by atoms with E-state index in [1.165, 1.54) is 9.80 Å². The van der Waals surface area contributed by atoms with Gasteiger partial charge in [0.05, 0.1) is 33.4 Å². The van der Waals surface area contributed by atoms with Crippen molar-refractivity contribution in [2.75, 3.05) is 25.0 Å². The largest absolute Gasteiger partial charge is 0.465 e. The summed E-state index contributed by atoms with van der Waals surface area (Å²) in [5, 5.41) is 18.5. The summed E-state index contributed by atoms with van der Waals surface area (Å²) in [6.07, 6.45) is -0.993. The molecule has 13 heteroatoms. The molecule has 1 unspecified atom stereocenters. The smallest absolute Gasteiger partial charge is 0.407 e. The van der Waals surface area contributed by atoms with Crippen LogP contribution in [-0.4, -0.2) is 71.9 Å². The third kappa shape index (κ3) is 5.57. The number of rotatable bonds is 5. The zero-order valence-corrected chi connectivity index (χ0v) is 24.0. The summed E-state index contributed by atoms with van der Waals surface area (Å²) in [6, 6.07) is 11.3. The second-order valence-corrected chi connectivity index (χ2v) is 13.0. The van der Waals surface area contributed by atoms with Gasteiger partial charge in [-0.1, -0.05) is 39.0 Å². The highest BCUT2D eigenvalue weighted by Crippen LogP contribution is 2.36. The Morgan fingerprint density at radius 3 is 2.45 bits per heavy atom. The Balaban J connectivity index is 1.56. The summed E-state index contributed by atoms with van der Waals surface area (Å²) >= 11 is 0. The van der Waals surface area contributed by atoms with Crippen molar-refractivity contribution in [1.29, 1.82) is 0 Å². The number of halogens is 1. The maximum Gasteiger partial charge on any atom is 0.407 e. The van der Waals surface area contributed by atoms with Gasteiger partial charge >= 0.3 is 6.09 Å². The summed E-state index contributed by atoms with van der Waals surface area (Å²) in [5.74, 6) is -1.99. The fourth-order valence-electron chi connectivity index (χ4n) is 5.20. The number of para-hydroxylation sites is 1. The molecule has 2 aliphatic rings. The molecule has 220 valence electrons. The van der Waals surface area contributed by atoms with Crippen LogP contribution in [0.5, 0.6) is 0 Å². The molecule has 1 atom stereocenters. The lowest BCUT2D eigenvalue weighted by molar-refractivity contribution is -0.123. The van der Waals surface area contributed by atoms with Crippen LogP contribution < -0.4 is 10.5 Å². The van der Waals surface area contributed by atoms with E-state index < -0.39 is 44.2 Å². The minimum absolute atomic E-state index is 0.0518. The van der Waals surface area contributed by atoms with Gasteiger partial charge in [-0.05, 0) is 41.5 Å². The first-order valence-corrected chi connectivity index (χ1v) is 14.7. The number of nitrogens with two attached hydrogens (primary N) is 1. The summed E-state index contributed by atoms with van der Waals surface area (Å²) < 4.78 is 38.4. The van der Waals surface area contributed by atoms with Crippen molar-refractivity contribution in [3.05, 3.63) is 76.8 Å². The maximum absolute atomic E-state index is 15.1. The lowest BCUT2D eigenvalue weighted by atomic mass is 9.95. The highest BCUT2D eigenvalue weighted by Gasteiger charge is 2.42. The van der Waals surface area contributed by atoms with Gasteiger partial charge in [0.25, 0.3) is 5.91 Å². The number of primary sulfonamides is 1. The van der Waals surface area contributed by atoms with Gasteiger partial charge < -0.3 is 20.2 Å². The van der Waals surface area contributed by atoms with Gasteiger partial charge in [-0.2, -0.15) is 0 Å². The van der Waals surface area contributed by atoms with Crippen molar-refractivity contribution in [2.24, 2.45) is 10.6 Å². The zero-order valence-electron chi connectivity index (χ0n) is 23.2. The fraction of sp³-hybridized carbons (Fsp3) is 0.310. The van der Waals surface area contributed by atoms with E-state index in [9.17, 15) is 27.9 Å². The number of carboxylic acid groups (broad SMARTS) is 1. The number of amides is 3. The van der Waals surface area contributed by atoms with Crippen LogP contribution in [-0.2, 0) is 21.2 Å². The zero-order chi connectivity index (χ0) is 30.6. The standard InChI is InChI=1S/C29H30FN5O6S/c1-29(2,3)27(37)33-23-10-16-6-4-5-7-22(16)32-24(23)12-25-20-15-34(28(38)39)13-17(20)14-35(25)26(36)19-9-8-18(11-21(19)30)42(31,40)41/h4-11,25H,12-15H2,1-3H3,(H,33,37)(H,38,39)(H2,31,40,41). The van der Waals surface area contributed by atoms with Crippen molar-refractivity contribution in [2.45, 2.75) is 38.1 Å². The number of anilines is 1. The molecule has 2 aliphatic heterocycles. The number of fused-ring (bicyclic) bond motifs is 1. The Kier molecular flexibility index (Phi) is 7.27. The van der Waals surface area contributed by atoms with Crippen LogP contribution >= 0.6 is 0 Å². The van der Waals surface area contributed by atoms with E-state index in [0.29, 0.717) is 28.5 Å². The van der Waals surface area contributed by atoms with Crippen molar-refractivity contribution in [3.8, 4) is 0 Å².